The first-order valence-corrected chi connectivity index (χ1v) is 6.41. The Kier molecular flexibility index (Phi) is 3.85. The summed E-state index contributed by atoms with van der Waals surface area (Å²) in [5.74, 6) is -6.01. The Bertz CT molecular complexity index is 521. The highest BCUT2D eigenvalue weighted by atomic mass is 79.9. The van der Waals surface area contributed by atoms with Gasteiger partial charge in [0.15, 0.2) is 0 Å². The minimum atomic E-state index is -2.86. The molecular weight excluding hydrogens is 330 g/mol. The highest BCUT2D eigenvalue weighted by Crippen LogP contribution is 2.39. The van der Waals surface area contributed by atoms with Gasteiger partial charge in [0.2, 0.25) is 11.8 Å². The van der Waals surface area contributed by atoms with Crippen molar-refractivity contribution in [1.82, 2.24) is 0 Å². The highest BCUT2D eigenvalue weighted by Gasteiger charge is 2.42. The summed E-state index contributed by atoms with van der Waals surface area (Å²) in [6.07, 6.45) is -0.874. The van der Waals surface area contributed by atoms with Gasteiger partial charge in [-0.25, -0.2) is 17.6 Å². The number of benzene rings is 1. The van der Waals surface area contributed by atoms with Gasteiger partial charge in [0.05, 0.1) is 10.2 Å². The predicted octanol–water partition coefficient (Wildman–Crippen LogP) is 4.10. The summed E-state index contributed by atoms with van der Waals surface area (Å²) >= 11 is 2.80. The molecule has 2 rings (SSSR count). The van der Waals surface area contributed by atoms with Crippen LogP contribution < -0.4 is 5.32 Å². The summed E-state index contributed by atoms with van der Waals surface area (Å²) < 4.78 is 52.6. The molecule has 1 amide bonds. The first kappa shape index (κ1) is 14.3. The zero-order valence-electron chi connectivity index (χ0n) is 9.65. The number of anilines is 1. The minimum Gasteiger partial charge on any atom is -0.323 e. The van der Waals surface area contributed by atoms with Crippen LogP contribution in [0.1, 0.15) is 19.3 Å². The molecule has 1 fully saturated rings. The number of hydrogen-bond donors (Lipinski definition) is 1. The summed E-state index contributed by atoms with van der Waals surface area (Å²) in [6, 6.07) is 1.68. The van der Waals surface area contributed by atoms with Gasteiger partial charge in [-0.1, -0.05) is 0 Å². The molecule has 0 spiro atoms. The van der Waals surface area contributed by atoms with Crippen molar-refractivity contribution in [1.29, 1.82) is 0 Å². The van der Waals surface area contributed by atoms with Crippen molar-refractivity contribution in [2.24, 2.45) is 5.92 Å². The minimum absolute atomic E-state index is 0.0411. The maximum Gasteiger partial charge on any atom is 0.248 e. The Hall–Kier alpha value is -1.11. The molecule has 1 N–H and O–H groups in total. The van der Waals surface area contributed by atoms with Crippen molar-refractivity contribution < 1.29 is 22.4 Å². The topological polar surface area (TPSA) is 29.1 Å². The van der Waals surface area contributed by atoms with E-state index in [9.17, 15) is 22.4 Å². The van der Waals surface area contributed by atoms with Crippen molar-refractivity contribution in [2.75, 3.05) is 5.32 Å². The maximum absolute atomic E-state index is 13.5. The van der Waals surface area contributed by atoms with Crippen LogP contribution >= 0.6 is 15.9 Å². The van der Waals surface area contributed by atoms with E-state index in [0.29, 0.717) is 0 Å². The molecule has 1 aromatic carbocycles. The van der Waals surface area contributed by atoms with E-state index in [2.05, 4.69) is 21.2 Å². The Labute approximate surface area is 115 Å². The summed E-state index contributed by atoms with van der Waals surface area (Å²) in [5.41, 5.74) is -0.346. The van der Waals surface area contributed by atoms with Crippen LogP contribution in [0.4, 0.5) is 23.2 Å². The molecule has 0 heterocycles. The van der Waals surface area contributed by atoms with Crippen LogP contribution in [0.5, 0.6) is 0 Å². The van der Waals surface area contributed by atoms with E-state index in [1.165, 1.54) is 0 Å². The molecule has 2 nitrogen and oxygen atoms in total. The molecular formula is C12H10BrF4NO. The van der Waals surface area contributed by atoms with Gasteiger partial charge < -0.3 is 5.32 Å². The Morgan fingerprint density at radius 3 is 2.58 bits per heavy atom. The molecule has 0 aromatic heterocycles. The molecule has 1 saturated carbocycles. The van der Waals surface area contributed by atoms with Crippen molar-refractivity contribution in [3.05, 3.63) is 28.2 Å². The second kappa shape index (κ2) is 5.11. The average molecular weight is 340 g/mol. The fourth-order valence-electron chi connectivity index (χ4n) is 2.03. The lowest BCUT2D eigenvalue weighted by atomic mass is 10.1. The fraction of sp³-hybridized carbons (Fsp3) is 0.417. The summed E-state index contributed by atoms with van der Waals surface area (Å²) in [7, 11) is 0. The monoisotopic (exact) mass is 339 g/mol. The smallest absolute Gasteiger partial charge is 0.248 e. The molecule has 1 aliphatic carbocycles. The van der Waals surface area contributed by atoms with Crippen molar-refractivity contribution in [2.45, 2.75) is 25.2 Å². The van der Waals surface area contributed by atoms with Gasteiger partial charge >= 0.3 is 0 Å². The third-order valence-electron chi connectivity index (χ3n) is 3.04. The van der Waals surface area contributed by atoms with Crippen LogP contribution in [-0.2, 0) is 4.79 Å². The Morgan fingerprint density at radius 2 is 2.00 bits per heavy atom. The summed E-state index contributed by atoms with van der Waals surface area (Å²) in [5, 5.41) is 2.15. The fourth-order valence-corrected chi connectivity index (χ4v) is 2.34. The van der Waals surface area contributed by atoms with E-state index in [0.717, 1.165) is 12.1 Å². The van der Waals surface area contributed by atoms with Crippen molar-refractivity contribution >= 4 is 27.5 Å². The van der Waals surface area contributed by atoms with Gasteiger partial charge in [-0.05, 0) is 28.4 Å². The van der Waals surface area contributed by atoms with Crippen LogP contribution in [0.25, 0.3) is 0 Å². The SMILES string of the molecule is O=C(Nc1cc(F)c(Br)cc1F)C1CCC(F)(F)C1. The van der Waals surface area contributed by atoms with Gasteiger partial charge in [-0.2, -0.15) is 0 Å². The normalized spacial score (nSPS) is 21.4. The number of carbonyl (C=O) groups excluding carboxylic acids is 1. The molecule has 1 aromatic rings. The van der Waals surface area contributed by atoms with Gasteiger partial charge in [0.25, 0.3) is 0 Å². The quantitative estimate of drug-likeness (QED) is 0.637. The molecule has 1 atom stereocenters. The third kappa shape index (κ3) is 3.26. The highest BCUT2D eigenvalue weighted by molar-refractivity contribution is 9.10. The summed E-state index contributed by atoms with van der Waals surface area (Å²) in [4.78, 5) is 11.7. The van der Waals surface area contributed by atoms with E-state index in [1.807, 2.05) is 0 Å². The van der Waals surface area contributed by atoms with E-state index in [1.54, 1.807) is 0 Å². The molecule has 7 heteroatoms. The number of carbonyl (C=O) groups is 1. The van der Waals surface area contributed by atoms with Crippen molar-refractivity contribution in [3.63, 3.8) is 0 Å². The van der Waals surface area contributed by atoms with E-state index in [4.69, 9.17) is 0 Å². The predicted molar refractivity (Wildman–Crippen MR) is 65.0 cm³/mol. The molecule has 0 bridgehead atoms. The average Bonchev–Trinajstić information content (AvgIpc) is 2.66. The molecule has 104 valence electrons. The number of rotatable bonds is 2. The zero-order valence-corrected chi connectivity index (χ0v) is 11.2. The lowest BCUT2D eigenvalue weighted by molar-refractivity contribution is -0.120. The standard InChI is InChI=1S/C12H10BrF4NO/c13-7-3-9(15)10(4-8(7)14)18-11(19)6-1-2-12(16,17)5-6/h3-4,6H,1-2,5H2,(H,18,19). The van der Waals surface area contributed by atoms with E-state index >= 15 is 0 Å². The van der Waals surface area contributed by atoms with Crippen LogP contribution in [0, 0.1) is 17.6 Å². The van der Waals surface area contributed by atoms with Gasteiger partial charge in [0.1, 0.15) is 11.6 Å². The third-order valence-corrected chi connectivity index (χ3v) is 3.65. The molecule has 19 heavy (non-hydrogen) atoms. The van der Waals surface area contributed by atoms with Gasteiger partial charge in [0, 0.05) is 24.8 Å². The first-order chi connectivity index (χ1) is 8.78. The molecule has 0 saturated heterocycles. The van der Waals surface area contributed by atoms with Crippen LogP contribution in [-0.4, -0.2) is 11.8 Å². The molecule has 0 aliphatic heterocycles. The van der Waals surface area contributed by atoms with E-state index < -0.39 is 35.8 Å². The lowest BCUT2D eigenvalue weighted by Crippen LogP contribution is -2.23. The molecule has 0 radical (unpaired) electrons. The number of hydrogen-bond acceptors (Lipinski definition) is 1. The van der Waals surface area contributed by atoms with E-state index in [-0.39, 0.29) is 23.0 Å². The van der Waals surface area contributed by atoms with Crippen LogP contribution in [0.2, 0.25) is 0 Å². The largest absolute Gasteiger partial charge is 0.323 e. The number of alkyl halides is 2. The lowest BCUT2D eigenvalue weighted by Gasteiger charge is -2.12. The van der Waals surface area contributed by atoms with Crippen molar-refractivity contribution in [3.8, 4) is 0 Å². The number of nitrogens with one attached hydrogen (secondary N) is 1. The summed E-state index contributed by atoms with van der Waals surface area (Å²) in [6.45, 7) is 0. The van der Waals surface area contributed by atoms with Crippen LogP contribution in [0.15, 0.2) is 16.6 Å². The molecule has 1 unspecified atom stereocenters. The van der Waals surface area contributed by atoms with Crippen LogP contribution in [0.3, 0.4) is 0 Å². The number of amides is 1. The first-order valence-electron chi connectivity index (χ1n) is 5.62. The number of halogens is 5. The Morgan fingerprint density at radius 1 is 1.32 bits per heavy atom. The zero-order chi connectivity index (χ0) is 14.2. The molecule has 1 aliphatic rings. The maximum atomic E-state index is 13.5. The van der Waals surface area contributed by atoms with Gasteiger partial charge in [-0.15, -0.1) is 0 Å². The van der Waals surface area contributed by atoms with Gasteiger partial charge in [-0.3, -0.25) is 4.79 Å². The Balaban J connectivity index is 2.10. The second-order valence-corrected chi connectivity index (χ2v) is 5.39. The second-order valence-electron chi connectivity index (χ2n) is 4.53.